The van der Waals surface area contributed by atoms with Crippen molar-refractivity contribution in [3.63, 3.8) is 0 Å². The molecule has 1 rings (SSSR count). The fourth-order valence-electron chi connectivity index (χ4n) is 0.793. The Morgan fingerprint density at radius 3 is 1.73 bits per heavy atom. The van der Waals surface area contributed by atoms with Gasteiger partial charge in [0, 0.05) is 30.7 Å². The second kappa shape index (κ2) is 7.41. The smallest absolute Gasteiger partial charge is 0.250 e. The van der Waals surface area contributed by atoms with Crippen LogP contribution in [0.5, 0.6) is 0 Å². The van der Waals surface area contributed by atoms with Crippen LogP contribution in [0.15, 0.2) is 0 Å². The van der Waals surface area contributed by atoms with Crippen molar-refractivity contribution in [1.82, 2.24) is 5.32 Å². The summed E-state index contributed by atoms with van der Waals surface area (Å²) < 4.78 is 24.6. The predicted octanol–water partition coefficient (Wildman–Crippen LogP) is 2.29. The highest BCUT2D eigenvalue weighted by molar-refractivity contribution is 7.81. The third-order valence-electron chi connectivity index (χ3n) is 2.20. The first-order valence-corrected chi connectivity index (χ1v) is 5.52. The van der Waals surface area contributed by atoms with Crippen molar-refractivity contribution in [1.29, 1.82) is 0 Å². The lowest BCUT2D eigenvalue weighted by Crippen LogP contribution is -2.35. The van der Waals surface area contributed by atoms with Gasteiger partial charge in [-0.2, -0.15) is 12.6 Å². The standard InChI is InChI=1S/C5H9F2N.C5H12S.H2O/c6-5(7)1-3-8-4-2-5;1-4-5(2,3)6;/h8H,1-4H2;6H,4H2,1-3H3;1H2. The van der Waals surface area contributed by atoms with Crippen LogP contribution in [0.4, 0.5) is 8.78 Å². The maximum Gasteiger partial charge on any atom is 0.250 e. The number of thiol groups is 1. The second-order valence-corrected chi connectivity index (χ2v) is 5.48. The number of rotatable bonds is 1. The van der Waals surface area contributed by atoms with Gasteiger partial charge in [-0.1, -0.05) is 20.8 Å². The summed E-state index contributed by atoms with van der Waals surface area (Å²) >= 11 is 4.25. The van der Waals surface area contributed by atoms with Crippen LogP contribution in [0.2, 0.25) is 0 Å². The zero-order valence-corrected chi connectivity index (χ0v) is 10.6. The van der Waals surface area contributed by atoms with Crippen molar-refractivity contribution >= 4 is 12.6 Å². The highest BCUT2D eigenvalue weighted by Crippen LogP contribution is 2.23. The first-order chi connectivity index (χ1) is 6.27. The van der Waals surface area contributed by atoms with Crippen molar-refractivity contribution in [3.8, 4) is 0 Å². The summed E-state index contributed by atoms with van der Waals surface area (Å²) in [5.41, 5.74) is 0. The lowest BCUT2D eigenvalue weighted by Gasteiger charge is -2.21. The van der Waals surface area contributed by atoms with E-state index in [9.17, 15) is 8.78 Å². The highest BCUT2D eigenvalue weighted by atomic mass is 32.1. The van der Waals surface area contributed by atoms with E-state index < -0.39 is 5.92 Å². The summed E-state index contributed by atoms with van der Waals surface area (Å²) in [6.07, 6.45) is 1.15. The Morgan fingerprint density at radius 2 is 1.60 bits per heavy atom. The fourth-order valence-corrected chi connectivity index (χ4v) is 0.793. The molecule has 0 amide bonds. The fraction of sp³-hybridized carbons (Fsp3) is 1.00. The number of piperidine rings is 1. The molecule has 0 aromatic rings. The van der Waals surface area contributed by atoms with Gasteiger partial charge < -0.3 is 10.8 Å². The lowest BCUT2D eigenvalue weighted by atomic mass is 10.1. The largest absolute Gasteiger partial charge is 0.412 e. The number of alkyl halides is 2. The molecule has 0 saturated carbocycles. The van der Waals surface area contributed by atoms with Gasteiger partial charge in [-0.3, -0.25) is 0 Å². The molecule has 1 aliphatic heterocycles. The Kier molecular flexibility index (Phi) is 8.66. The third kappa shape index (κ3) is 12.1. The monoisotopic (exact) mass is 243 g/mol. The minimum absolute atomic E-state index is 0. The summed E-state index contributed by atoms with van der Waals surface area (Å²) in [6.45, 7) is 7.28. The molecule has 0 aromatic carbocycles. The number of hydrogen-bond acceptors (Lipinski definition) is 2. The minimum atomic E-state index is -2.38. The van der Waals surface area contributed by atoms with Crippen LogP contribution in [-0.2, 0) is 0 Å². The molecule has 0 spiro atoms. The third-order valence-corrected chi connectivity index (χ3v) is 2.52. The van der Waals surface area contributed by atoms with Crippen molar-refractivity contribution in [2.24, 2.45) is 0 Å². The van der Waals surface area contributed by atoms with E-state index in [0.717, 1.165) is 6.42 Å². The average molecular weight is 243 g/mol. The lowest BCUT2D eigenvalue weighted by molar-refractivity contribution is -0.0274. The maximum atomic E-state index is 12.2. The zero-order valence-electron chi connectivity index (χ0n) is 9.74. The van der Waals surface area contributed by atoms with Crippen LogP contribution >= 0.6 is 12.6 Å². The van der Waals surface area contributed by atoms with Crippen LogP contribution in [0, 0.1) is 0 Å². The molecule has 0 aliphatic carbocycles. The Labute approximate surface area is 96.5 Å². The van der Waals surface area contributed by atoms with Gasteiger partial charge in [0.05, 0.1) is 0 Å². The summed E-state index contributed by atoms with van der Waals surface area (Å²) in [5.74, 6) is -2.38. The number of hydrogen-bond donors (Lipinski definition) is 2. The molecule has 0 aromatic heterocycles. The van der Waals surface area contributed by atoms with Crippen LogP contribution in [0.1, 0.15) is 40.0 Å². The van der Waals surface area contributed by atoms with Gasteiger partial charge in [0.25, 0.3) is 5.92 Å². The molecular weight excluding hydrogens is 220 g/mol. The van der Waals surface area contributed by atoms with Crippen molar-refractivity contribution in [2.75, 3.05) is 13.1 Å². The molecule has 1 saturated heterocycles. The van der Waals surface area contributed by atoms with Crippen LogP contribution < -0.4 is 5.32 Å². The molecule has 0 unspecified atom stereocenters. The first-order valence-electron chi connectivity index (χ1n) is 5.08. The summed E-state index contributed by atoms with van der Waals surface area (Å²) in [6, 6.07) is 0. The molecule has 1 fully saturated rings. The SMILES string of the molecule is CCC(C)(C)S.FC1(F)CCNCC1.O. The normalized spacial score (nSPS) is 19.6. The number of nitrogens with one attached hydrogen (secondary N) is 1. The van der Waals surface area contributed by atoms with E-state index in [4.69, 9.17) is 0 Å². The van der Waals surface area contributed by atoms with E-state index in [2.05, 4.69) is 38.7 Å². The first kappa shape index (κ1) is 17.5. The van der Waals surface area contributed by atoms with Crippen LogP contribution in [0.3, 0.4) is 0 Å². The van der Waals surface area contributed by atoms with E-state index in [0.29, 0.717) is 13.1 Å². The van der Waals surface area contributed by atoms with Crippen LogP contribution in [-0.4, -0.2) is 29.2 Å². The molecule has 0 bridgehead atoms. The summed E-state index contributed by atoms with van der Waals surface area (Å²) in [7, 11) is 0. The quantitative estimate of drug-likeness (QED) is 0.682. The van der Waals surface area contributed by atoms with Gasteiger partial charge in [0.2, 0.25) is 0 Å². The zero-order chi connectivity index (χ0) is 11.2. The molecule has 2 nitrogen and oxygen atoms in total. The van der Waals surface area contributed by atoms with Gasteiger partial charge in [0.15, 0.2) is 0 Å². The van der Waals surface area contributed by atoms with Gasteiger partial charge >= 0.3 is 0 Å². The Balaban J connectivity index is 0. The molecule has 3 N–H and O–H groups in total. The molecule has 0 radical (unpaired) electrons. The molecule has 1 heterocycles. The van der Waals surface area contributed by atoms with E-state index in [1.807, 2.05) is 0 Å². The minimum Gasteiger partial charge on any atom is -0.412 e. The van der Waals surface area contributed by atoms with E-state index >= 15 is 0 Å². The summed E-state index contributed by atoms with van der Waals surface area (Å²) in [4.78, 5) is 0. The Morgan fingerprint density at radius 1 is 1.27 bits per heavy atom. The van der Waals surface area contributed by atoms with Gasteiger partial charge in [-0.05, 0) is 6.42 Å². The van der Waals surface area contributed by atoms with E-state index in [-0.39, 0.29) is 23.1 Å². The average Bonchev–Trinajstić information content (AvgIpc) is 2.04. The molecule has 94 valence electrons. The van der Waals surface area contributed by atoms with Crippen molar-refractivity contribution in [2.45, 2.75) is 50.7 Å². The van der Waals surface area contributed by atoms with Gasteiger partial charge in [-0.15, -0.1) is 0 Å². The molecule has 5 heteroatoms. The van der Waals surface area contributed by atoms with Crippen molar-refractivity contribution < 1.29 is 14.3 Å². The summed E-state index contributed by atoms with van der Waals surface area (Å²) in [5, 5.41) is 2.86. The maximum absolute atomic E-state index is 12.2. The Bertz CT molecular complexity index is 152. The molecule has 0 atom stereocenters. The molecular formula is C10H23F2NOS. The van der Waals surface area contributed by atoms with Crippen molar-refractivity contribution in [3.05, 3.63) is 0 Å². The highest BCUT2D eigenvalue weighted by Gasteiger charge is 2.30. The van der Waals surface area contributed by atoms with E-state index in [1.165, 1.54) is 0 Å². The van der Waals surface area contributed by atoms with Gasteiger partial charge in [0.1, 0.15) is 0 Å². The molecule has 15 heavy (non-hydrogen) atoms. The van der Waals surface area contributed by atoms with E-state index in [1.54, 1.807) is 0 Å². The second-order valence-electron chi connectivity index (χ2n) is 4.27. The number of halogens is 2. The van der Waals surface area contributed by atoms with Crippen LogP contribution in [0.25, 0.3) is 0 Å². The van der Waals surface area contributed by atoms with Gasteiger partial charge in [-0.25, -0.2) is 8.78 Å². The predicted molar refractivity (Wildman–Crippen MR) is 64.0 cm³/mol. The topological polar surface area (TPSA) is 43.5 Å². The Hall–Kier alpha value is 0.130. The molecule has 1 aliphatic rings.